The molecule has 0 spiro atoms. The molecule has 0 bridgehead atoms. The summed E-state index contributed by atoms with van der Waals surface area (Å²) in [5.74, 6) is 0.0459. The van der Waals surface area contributed by atoms with Gasteiger partial charge in [-0.15, -0.1) is 0 Å². The Labute approximate surface area is 106 Å². The van der Waals surface area contributed by atoms with Gasteiger partial charge in [0.25, 0.3) is 5.91 Å². The van der Waals surface area contributed by atoms with Crippen molar-refractivity contribution in [1.82, 2.24) is 10.2 Å². The van der Waals surface area contributed by atoms with E-state index in [4.69, 9.17) is 18.0 Å². The van der Waals surface area contributed by atoms with E-state index >= 15 is 0 Å². The Kier molecular flexibility index (Phi) is 3.71. The molecule has 90 valence electrons. The Morgan fingerprint density at radius 1 is 1.29 bits per heavy atom. The predicted octanol–water partition coefficient (Wildman–Crippen LogP) is 0.366. The summed E-state index contributed by atoms with van der Waals surface area (Å²) in [7, 11) is 0. The molecule has 1 aromatic rings. The first-order valence-electron chi connectivity index (χ1n) is 5.58. The Morgan fingerprint density at radius 2 is 1.94 bits per heavy atom. The third-order valence-electron chi connectivity index (χ3n) is 2.80. The molecule has 1 heterocycles. The van der Waals surface area contributed by atoms with Gasteiger partial charge in [-0.25, -0.2) is 0 Å². The lowest BCUT2D eigenvalue weighted by atomic mass is 10.1. The van der Waals surface area contributed by atoms with Crippen LogP contribution in [0.15, 0.2) is 24.3 Å². The molecule has 1 aliphatic rings. The van der Waals surface area contributed by atoms with E-state index in [1.54, 1.807) is 12.1 Å². The molecule has 0 aliphatic carbocycles. The second-order valence-corrected chi connectivity index (χ2v) is 4.43. The minimum Gasteiger partial charge on any atom is -0.389 e. The number of benzene rings is 1. The number of hydrogen-bond donors (Lipinski definition) is 2. The van der Waals surface area contributed by atoms with Crippen LogP contribution in [0.5, 0.6) is 0 Å². The number of nitrogens with two attached hydrogens (primary N) is 1. The molecule has 1 aliphatic heterocycles. The van der Waals surface area contributed by atoms with Crippen molar-refractivity contribution >= 4 is 23.1 Å². The smallest absolute Gasteiger partial charge is 0.253 e. The second kappa shape index (κ2) is 5.25. The number of piperazine rings is 1. The maximum atomic E-state index is 12.2. The second-order valence-electron chi connectivity index (χ2n) is 3.99. The number of nitrogens with zero attached hydrogens (tertiary/aromatic N) is 1. The molecular formula is C12H15N3OS. The van der Waals surface area contributed by atoms with Gasteiger partial charge in [0, 0.05) is 37.3 Å². The monoisotopic (exact) mass is 249 g/mol. The van der Waals surface area contributed by atoms with Crippen LogP contribution in [0.4, 0.5) is 0 Å². The number of carbonyl (C=O) groups is 1. The molecule has 1 amide bonds. The van der Waals surface area contributed by atoms with Gasteiger partial charge in [-0.05, 0) is 12.1 Å². The Bertz CT molecular complexity index is 441. The van der Waals surface area contributed by atoms with Gasteiger partial charge in [0.2, 0.25) is 0 Å². The van der Waals surface area contributed by atoms with Gasteiger partial charge in [-0.1, -0.05) is 24.4 Å². The molecule has 3 N–H and O–H groups in total. The van der Waals surface area contributed by atoms with Crippen LogP contribution < -0.4 is 11.1 Å². The number of amides is 1. The standard InChI is InChI=1S/C12H15N3OS/c13-11(17)9-2-1-3-10(8-9)12(16)15-6-4-14-5-7-15/h1-3,8,14H,4-7H2,(H2,13,17). The molecule has 0 aromatic heterocycles. The van der Waals surface area contributed by atoms with E-state index in [9.17, 15) is 4.79 Å². The molecule has 0 unspecified atom stereocenters. The molecule has 4 nitrogen and oxygen atoms in total. The maximum absolute atomic E-state index is 12.2. The predicted molar refractivity (Wildman–Crippen MR) is 71.1 cm³/mol. The van der Waals surface area contributed by atoms with Crippen LogP contribution in [0.1, 0.15) is 15.9 Å². The van der Waals surface area contributed by atoms with E-state index in [1.807, 2.05) is 17.0 Å². The molecule has 1 aromatic carbocycles. The zero-order chi connectivity index (χ0) is 12.3. The summed E-state index contributed by atoms with van der Waals surface area (Å²) in [6, 6.07) is 7.18. The summed E-state index contributed by atoms with van der Waals surface area (Å²) in [5.41, 5.74) is 6.94. The average Bonchev–Trinajstić information content (AvgIpc) is 2.39. The molecule has 1 saturated heterocycles. The van der Waals surface area contributed by atoms with Crippen molar-refractivity contribution in [2.75, 3.05) is 26.2 Å². The SMILES string of the molecule is NC(=S)c1cccc(C(=O)N2CCNCC2)c1. The third kappa shape index (κ3) is 2.81. The van der Waals surface area contributed by atoms with Gasteiger partial charge >= 0.3 is 0 Å². The van der Waals surface area contributed by atoms with Crippen LogP contribution in [-0.4, -0.2) is 42.0 Å². The van der Waals surface area contributed by atoms with Crippen LogP contribution in [0.3, 0.4) is 0 Å². The quantitative estimate of drug-likeness (QED) is 0.743. The number of nitrogens with one attached hydrogen (secondary N) is 1. The van der Waals surface area contributed by atoms with Gasteiger partial charge in [-0.3, -0.25) is 4.79 Å². The fourth-order valence-corrected chi connectivity index (χ4v) is 1.98. The fourth-order valence-electron chi connectivity index (χ4n) is 1.86. The van der Waals surface area contributed by atoms with E-state index in [2.05, 4.69) is 5.32 Å². The summed E-state index contributed by atoms with van der Waals surface area (Å²) < 4.78 is 0. The normalized spacial score (nSPS) is 15.6. The first-order valence-corrected chi connectivity index (χ1v) is 5.99. The Morgan fingerprint density at radius 3 is 2.59 bits per heavy atom. The lowest BCUT2D eigenvalue weighted by Crippen LogP contribution is -2.46. The molecule has 2 rings (SSSR count). The molecule has 1 fully saturated rings. The molecule has 0 radical (unpaired) electrons. The maximum Gasteiger partial charge on any atom is 0.253 e. The van der Waals surface area contributed by atoms with Crippen molar-refractivity contribution in [2.24, 2.45) is 5.73 Å². The van der Waals surface area contributed by atoms with Crippen LogP contribution in [-0.2, 0) is 0 Å². The summed E-state index contributed by atoms with van der Waals surface area (Å²) >= 11 is 4.91. The van der Waals surface area contributed by atoms with Crippen molar-refractivity contribution in [3.63, 3.8) is 0 Å². The van der Waals surface area contributed by atoms with E-state index in [1.165, 1.54) is 0 Å². The van der Waals surface area contributed by atoms with Crippen molar-refractivity contribution in [1.29, 1.82) is 0 Å². The van der Waals surface area contributed by atoms with Gasteiger partial charge in [-0.2, -0.15) is 0 Å². The molecule has 17 heavy (non-hydrogen) atoms. The zero-order valence-corrected chi connectivity index (χ0v) is 10.3. The minimum atomic E-state index is 0.0459. The highest BCUT2D eigenvalue weighted by Gasteiger charge is 2.17. The molecule has 0 atom stereocenters. The van der Waals surface area contributed by atoms with Crippen LogP contribution in [0.2, 0.25) is 0 Å². The van der Waals surface area contributed by atoms with Crippen molar-refractivity contribution in [3.8, 4) is 0 Å². The number of thiocarbonyl (C=S) groups is 1. The van der Waals surface area contributed by atoms with Crippen molar-refractivity contribution < 1.29 is 4.79 Å². The Balaban J connectivity index is 2.18. The van der Waals surface area contributed by atoms with Crippen LogP contribution in [0.25, 0.3) is 0 Å². The van der Waals surface area contributed by atoms with Gasteiger partial charge in [0.15, 0.2) is 0 Å². The third-order valence-corrected chi connectivity index (χ3v) is 3.03. The highest BCUT2D eigenvalue weighted by Crippen LogP contribution is 2.09. The number of carbonyl (C=O) groups excluding carboxylic acids is 1. The first-order chi connectivity index (χ1) is 8.18. The van der Waals surface area contributed by atoms with E-state index < -0.39 is 0 Å². The van der Waals surface area contributed by atoms with E-state index in [-0.39, 0.29) is 5.91 Å². The summed E-state index contributed by atoms with van der Waals surface area (Å²) in [4.78, 5) is 14.4. The summed E-state index contributed by atoms with van der Waals surface area (Å²) in [6.45, 7) is 3.19. The topological polar surface area (TPSA) is 58.4 Å². The number of hydrogen-bond acceptors (Lipinski definition) is 3. The minimum absolute atomic E-state index is 0.0459. The van der Waals surface area contributed by atoms with Gasteiger partial charge < -0.3 is 16.0 Å². The van der Waals surface area contributed by atoms with Crippen LogP contribution in [0, 0.1) is 0 Å². The molecule has 5 heteroatoms. The summed E-state index contributed by atoms with van der Waals surface area (Å²) in [5, 5.41) is 3.22. The lowest BCUT2D eigenvalue weighted by molar-refractivity contribution is 0.0736. The molecule has 0 saturated carbocycles. The largest absolute Gasteiger partial charge is 0.389 e. The van der Waals surface area contributed by atoms with Gasteiger partial charge in [0.1, 0.15) is 4.99 Å². The first kappa shape index (κ1) is 12.0. The van der Waals surface area contributed by atoms with Crippen LogP contribution >= 0.6 is 12.2 Å². The van der Waals surface area contributed by atoms with Crippen molar-refractivity contribution in [2.45, 2.75) is 0 Å². The molecular weight excluding hydrogens is 234 g/mol. The average molecular weight is 249 g/mol. The van der Waals surface area contributed by atoms with E-state index in [0.29, 0.717) is 10.6 Å². The Hall–Kier alpha value is -1.46. The fraction of sp³-hybridized carbons (Fsp3) is 0.333. The highest BCUT2D eigenvalue weighted by atomic mass is 32.1. The number of rotatable bonds is 2. The lowest BCUT2D eigenvalue weighted by Gasteiger charge is -2.27. The highest BCUT2D eigenvalue weighted by molar-refractivity contribution is 7.80. The van der Waals surface area contributed by atoms with Gasteiger partial charge in [0.05, 0.1) is 0 Å². The zero-order valence-electron chi connectivity index (χ0n) is 9.48. The van der Waals surface area contributed by atoms with Crippen molar-refractivity contribution in [3.05, 3.63) is 35.4 Å². The summed E-state index contributed by atoms with van der Waals surface area (Å²) in [6.07, 6.45) is 0. The van der Waals surface area contributed by atoms with E-state index in [0.717, 1.165) is 31.7 Å².